The number of thiazole rings is 1. The molecule has 0 bridgehead atoms. The third-order valence-corrected chi connectivity index (χ3v) is 5.29. The van der Waals surface area contributed by atoms with Crippen LogP contribution in [-0.4, -0.2) is 20.7 Å². The summed E-state index contributed by atoms with van der Waals surface area (Å²) in [7, 11) is 0. The summed E-state index contributed by atoms with van der Waals surface area (Å²) in [6.45, 7) is 0.115. The maximum absolute atomic E-state index is 12.0. The van der Waals surface area contributed by atoms with Crippen LogP contribution in [-0.2, 0) is 30.8 Å². The number of carbonyl (C=O) groups excluding carboxylic acids is 1. The Kier molecular flexibility index (Phi) is 5.30. The van der Waals surface area contributed by atoms with Gasteiger partial charge in [-0.15, -0.1) is 16.4 Å². The van der Waals surface area contributed by atoms with Gasteiger partial charge in [-0.05, 0) is 61.2 Å². The first-order valence-corrected chi connectivity index (χ1v) is 9.97. The maximum Gasteiger partial charge on any atom is 0.287 e. The monoisotopic (exact) mass is 402 g/mol. The molecule has 0 fully saturated rings. The fourth-order valence-electron chi connectivity index (χ4n) is 3.03. The second-order valence-corrected chi connectivity index (χ2v) is 7.47. The van der Waals surface area contributed by atoms with Crippen LogP contribution in [0.25, 0.3) is 0 Å². The molecule has 0 aliphatic heterocycles. The van der Waals surface area contributed by atoms with Crippen LogP contribution in [0.3, 0.4) is 0 Å². The summed E-state index contributed by atoms with van der Waals surface area (Å²) in [5, 5.41) is 9.23. The van der Waals surface area contributed by atoms with E-state index in [-0.39, 0.29) is 23.9 Å². The average Bonchev–Trinajstić information content (AvgIpc) is 3.30. The van der Waals surface area contributed by atoms with E-state index in [0.717, 1.165) is 18.6 Å². The maximum atomic E-state index is 12.0. The molecule has 2 heterocycles. The lowest BCUT2D eigenvalue weighted by Crippen LogP contribution is -2.19. The van der Waals surface area contributed by atoms with Crippen molar-refractivity contribution < 1.29 is 13.9 Å². The zero-order valence-electron chi connectivity index (χ0n) is 14.5. The predicted molar refractivity (Wildman–Crippen MR) is 103 cm³/mol. The number of hydrogen-bond acceptors (Lipinski definition) is 7. The third kappa shape index (κ3) is 4.42. The smallest absolute Gasteiger partial charge is 0.287 e. The Balaban J connectivity index is 1.37. The Hall–Kier alpha value is -2.52. The molecular weight excluding hydrogens is 384 g/mol. The van der Waals surface area contributed by atoms with Crippen LogP contribution in [0.5, 0.6) is 5.75 Å². The molecule has 0 radical (unpaired) electrons. The highest BCUT2D eigenvalue weighted by molar-refractivity contribution is 7.71. The van der Waals surface area contributed by atoms with Gasteiger partial charge in [-0.2, -0.15) is 0 Å². The molecule has 1 aromatic carbocycles. The Morgan fingerprint density at radius 2 is 2.19 bits per heavy atom. The topological polar surface area (TPSA) is 82.2 Å². The first-order chi connectivity index (χ1) is 13.2. The van der Waals surface area contributed by atoms with Crippen molar-refractivity contribution in [3.8, 4) is 5.75 Å². The van der Waals surface area contributed by atoms with Crippen LogP contribution in [0.1, 0.15) is 29.9 Å². The van der Waals surface area contributed by atoms with Gasteiger partial charge < -0.3 is 14.5 Å². The summed E-state index contributed by atoms with van der Waals surface area (Å²) in [5.41, 5.74) is 2.76. The second kappa shape index (κ2) is 8.01. The van der Waals surface area contributed by atoms with Crippen LogP contribution in [0.15, 0.2) is 34.2 Å². The number of nitrogens with zero attached hydrogens (tertiary/aromatic N) is 3. The molecule has 4 rings (SSSR count). The Morgan fingerprint density at radius 1 is 1.33 bits per heavy atom. The van der Waals surface area contributed by atoms with Gasteiger partial charge in [0, 0.05) is 11.6 Å². The van der Waals surface area contributed by atoms with Crippen molar-refractivity contribution in [1.29, 1.82) is 0 Å². The Bertz CT molecular complexity index is 994. The molecule has 0 atom stereocenters. The van der Waals surface area contributed by atoms with E-state index in [1.54, 1.807) is 11.6 Å². The van der Waals surface area contributed by atoms with E-state index >= 15 is 0 Å². The Labute approximate surface area is 165 Å². The zero-order chi connectivity index (χ0) is 18.6. The van der Waals surface area contributed by atoms with Crippen molar-refractivity contribution >= 4 is 34.6 Å². The number of amides is 1. The summed E-state index contributed by atoms with van der Waals surface area (Å²) in [6, 6.07) is 6.18. The van der Waals surface area contributed by atoms with Crippen LogP contribution < -0.4 is 10.1 Å². The molecule has 1 aliphatic rings. The van der Waals surface area contributed by atoms with E-state index < -0.39 is 0 Å². The molecule has 0 saturated heterocycles. The minimum Gasteiger partial charge on any atom is -0.484 e. The lowest BCUT2D eigenvalue weighted by molar-refractivity contribution is -0.117. The Morgan fingerprint density at radius 3 is 3.00 bits per heavy atom. The standard InChI is InChI=1S/C18H18N4O3S2/c23-15(20-17-19-7-8-27-17)10-22-18(26)25-16(21-22)11-24-14-6-5-12-3-1-2-4-13(12)9-14/h5-9H,1-4,10-11H2,(H,19,20,23). The molecule has 3 aromatic rings. The molecule has 0 unspecified atom stereocenters. The average molecular weight is 403 g/mol. The number of aromatic nitrogens is 3. The molecule has 9 heteroatoms. The quantitative estimate of drug-likeness (QED) is 0.632. The summed E-state index contributed by atoms with van der Waals surface area (Å²) >= 11 is 6.48. The number of fused-ring (bicyclic) bond motifs is 1. The second-order valence-electron chi connectivity index (χ2n) is 6.23. The van der Waals surface area contributed by atoms with Gasteiger partial charge >= 0.3 is 0 Å². The van der Waals surface area contributed by atoms with Gasteiger partial charge in [-0.1, -0.05) is 6.07 Å². The molecule has 1 aliphatic carbocycles. The molecule has 27 heavy (non-hydrogen) atoms. The predicted octanol–water partition coefficient (Wildman–Crippen LogP) is 3.76. The van der Waals surface area contributed by atoms with Gasteiger partial charge in [-0.3, -0.25) is 4.79 Å². The molecule has 0 saturated carbocycles. The van der Waals surface area contributed by atoms with Crippen LogP contribution >= 0.6 is 23.6 Å². The van der Waals surface area contributed by atoms with Crippen LogP contribution in [0, 0.1) is 4.84 Å². The lowest BCUT2D eigenvalue weighted by Gasteiger charge is -2.16. The van der Waals surface area contributed by atoms with Gasteiger partial charge in [0.05, 0.1) is 0 Å². The summed E-state index contributed by atoms with van der Waals surface area (Å²) in [4.78, 5) is 16.2. The van der Waals surface area contributed by atoms with Crippen molar-refractivity contribution in [1.82, 2.24) is 14.8 Å². The van der Waals surface area contributed by atoms with Crippen molar-refractivity contribution in [3.63, 3.8) is 0 Å². The molecule has 0 spiro atoms. The zero-order valence-corrected chi connectivity index (χ0v) is 16.1. The highest BCUT2D eigenvalue weighted by atomic mass is 32.1. The largest absolute Gasteiger partial charge is 0.484 e. The number of rotatable bonds is 6. The summed E-state index contributed by atoms with van der Waals surface area (Å²) in [5.74, 6) is 0.851. The van der Waals surface area contributed by atoms with E-state index in [9.17, 15) is 4.79 Å². The van der Waals surface area contributed by atoms with Crippen molar-refractivity contribution in [2.45, 2.75) is 38.8 Å². The number of aryl methyl sites for hydroxylation is 2. The molecule has 1 amide bonds. The van der Waals surface area contributed by atoms with Crippen LogP contribution in [0.4, 0.5) is 5.13 Å². The van der Waals surface area contributed by atoms with Gasteiger partial charge in [0.15, 0.2) is 11.7 Å². The lowest BCUT2D eigenvalue weighted by atomic mass is 9.92. The van der Waals surface area contributed by atoms with Crippen LogP contribution in [0.2, 0.25) is 0 Å². The number of anilines is 1. The van der Waals surface area contributed by atoms with Gasteiger partial charge in [-0.25, -0.2) is 9.67 Å². The SMILES string of the molecule is O=C(Cn1nc(COc2ccc3c(c2)CCCC3)oc1=S)Nc1nccs1. The molecule has 7 nitrogen and oxygen atoms in total. The van der Waals surface area contributed by atoms with Gasteiger partial charge in [0.2, 0.25) is 5.91 Å². The highest BCUT2D eigenvalue weighted by Crippen LogP contribution is 2.25. The van der Waals surface area contributed by atoms with Gasteiger partial charge in [0.1, 0.15) is 12.3 Å². The van der Waals surface area contributed by atoms with Crippen molar-refractivity contribution in [3.05, 3.63) is 51.6 Å². The molecule has 1 N–H and O–H groups in total. The van der Waals surface area contributed by atoms with Crippen molar-refractivity contribution in [2.24, 2.45) is 0 Å². The van der Waals surface area contributed by atoms with E-state index in [1.807, 2.05) is 6.07 Å². The number of hydrogen-bond donors (Lipinski definition) is 1. The normalized spacial score (nSPS) is 13.2. The number of nitrogens with one attached hydrogen (secondary N) is 1. The number of benzene rings is 1. The van der Waals surface area contributed by atoms with E-state index in [0.29, 0.717) is 11.0 Å². The summed E-state index contributed by atoms with van der Waals surface area (Å²) < 4.78 is 12.6. The minimum atomic E-state index is -0.267. The highest BCUT2D eigenvalue weighted by Gasteiger charge is 2.13. The first kappa shape index (κ1) is 17.9. The van der Waals surface area contributed by atoms with Crippen molar-refractivity contribution in [2.75, 3.05) is 5.32 Å². The molecule has 140 valence electrons. The van der Waals surface area contributed by atoms with E-state index in [4.69, 9.17) is 21.4 Å². The number of carbonyl (C=O) groups is 1. The minimum absolute atomic E-state index is 0.0409. The number of ether oxygens (including phenoxy) is 1. The third-order valence-electron chi connectivity index (χ3n) is 4.30. The van der Waals surface area contributed by atoms with Gasteiger partial charge in [0.25, 0.3) is 10.7 Å². The fourth-order valence-corrected chi connectivity index (χ4v) is 3.78. The van der Waals surface area contributed by atoms with E-state index in [1.165, 1.54) is 40.0 Å². The summed E-state index contributed by atoms with van der Waals surface area (Å²) in [6.07, 6.45) is 6.33. The fraction of sp³-hybridized carbons (Fsp3) is 0.333. The molecule has 2 aromatic heterocycles. The molecular formula is C18H18N4O3S2. The first-order valence-electron chi connectivity index (χ1n) is 8.68. The van der Waals surface area contributed by atoms with E-state index in [2.05, 4.69) is 27.5 Å².